The monoisotopic (exact) mass is 373 g/mol. The normalized spacial score (nSPS) is 20.5. The van der Waals surface area contributed by atoms with Crippen molar-refractivity contribution in [2.24, 2.45) is 4.99 Å². The fourth-order valence-electron chi connectivity index (χ4n) is 3.90. The zero-order valence-electron chi connectivity index (χ0n) is 15.0. The van der Waals surface area contributed by atoms with Gasteiger partial charge in [-0.3, -0.25) is 14.6 Å². The molecule has 1 aliphatic carbocycles. The number of rotatable bonds is 3. The quantitative estimate of drug-likeness (QED) is 0.841. The number of hydrogen-bond donors (Lipinski definition) is 2. The van der Waals surface area contributed by atoms with Gasteiger partial charge in [-0.05, 0) is 37.5 Å². The zero-order valence-corrected chi connectivity index (χ0v) is 15.8. The van der Waals surface area contributed by atoms with Gasteiger partial charge in [0.05, 0.1) is 29.0 Å². The van der Waals surface area contributed by atoms with Gasteiger partial charge >= 0.3 is 0 Å². The number of H-pyrrole nitrogens is 1. The van der Waals surface area contributed by atoms with Crippen molar-refractivity contribution in [2.75, 3.05) is 7.11 Å². The Morgan fingerprint density at radius 2 is 2.08 bits per heavy atom. The molecule has 1 aliphatic heterocycles. The summed E-state index contributed by atoms with van der Waals surface area (Å²) in [5, 5.41) is 13.7. The average Bonchev–Trinajstić information content (AvgIpc) is 2.98. The van der Waals surface area contributed by atoms with Gasteiger partial charge in [0.15, 0.2) is 17.3 Å². The molecule has 2 N–H and O–H groups in total. The minimum Gasteiger partial charge on any atom is -0.504 e. The molecule has 2 heterocycles. The number of phenols is 1. The van der Waals surface area contributed by atoms with Crippen molar-refractivity contribution in [1.82, 2.24) is 9.78 Å². The summed E-state index contributed by atoms with van der Waals surface area (Å²) in [6.45, 7) is 1.97. The molecule has 2 aromatic rings. The number of aromatic hydroxyl groups is 1. The highest BCUT2D eigenvalue weighted by molar-refractivity contribution is 8.14. The first-order valence-corrected chi connectivity index (χ1v) is 9.89. The maximum atomic E-state index is 12.8. The lowest BCUT2D eigenvalue weighted by Crippen LogP contribution is -2.16. The number of thioether (sulfide) groups is 1. The van der Waals surface area contributed by atoms with Crippen molar-refractivity contribution in [3.05, 3.63) is 39.7 Å². The molecule has 1 fully saturated rings. The number of ether oxygens (including phenoxy) is 1. The largest absolute Gasteiger partial charge is 0.504 e. The van der Waals surface area contributed by atoms with Crippen LogP contribution in [0.5, 0.6) is 11.5 Å². The number of aliphatic imine (C=N–C) groups is 1. The second-order valence-corrected chi connectivity index (χ2v) is 8.20. The average molecular weight is 373 g/mol. The molecule has 1 saturated carbocycles. The van der Waals surface area contributed by atoms with Gasteiger partial charge in [0.2, 0.25) is 0 Å². The van der Waals surface area contributed by atoms with Gasteiger partial charge in [-0.1, -0.05) is 37.1 Å². The summed E-state index contributed by atoms with van der Waals surface area (Å²) >= 11 is 1.56. The summed E-state index contributed by atoms with van der Waals surface area (Å²) in [7, 11) is 1.53. The van der Waals surface area contributed by atoms with Crippen LogP contribution in [0.4, 0.5) is 5.82 Å². The zero-order chi connectivity index (χ0) is 18.3. The molecular formula is C19H23N3O3S. The first-order valence-electron chi connectivity index (χ1n) is 9.01. The van der Waals surface area contributed by atoms with Gasteiger partial charge in [-0.15, -0.1) is 0 Å². The second-order valence-electron chi connectivity index (χ2n) is 6.90. The molecule has 1 atom stereocenters. The summed E-state index contributed by atoms with van der Waals surface area (Å²) in [5.74, 6) is 1.26. The van der Waals surface area contributed by atoms with Crippen molar-refractivity contribution in [3.8, 4) is 11.5 Å². The van der Waals surface area contributed by atoms with E-state index in [0.29, 0.717) is 17.4 Å². The third-order valence-corrected chi connectivity index (χ3v) is 6.37. The molecule has 0 amide bonds. The van der Waals surface area contributed by atoms with Crippen molar-refractivity contribution in [1.29, 1.82) is 0 Å². The molecule has 0 radical (unpaired) electrons. The van der Waals surface area contributed by atoms with Gasteiger partial charge in [0.25, 0.3) is 5.56 Å². The third kappa shape index (κ3) is 2.94. The highest BCUT2D eigenvalue weighted by Gasteiger charge is 2.32. The second kappa shape index (κ2) is 6.87. The molecule has 138 valence electrons. The van der Waals surface area contributed by atoms with E-state index in [1.807, 2.05) is 17.7 Å². The van der Waals surface area contributed by atoms with Crippen LogP contribution in [0.25, 0.3) is 0 Å². The Labute approximate surface area is 156 Å². The van der Waals surface area contributed by atoms with Crippen LogP contribution in [0.1, 0.15) is 61.4 Å². The highest BCUT2D eigenvalue weighted by Crippen LogP contribution is 2.46. The van der Waals surface area contributed by atoms with Crippen molar-refractivity contribution in [3.63, 3.8) is 0 Å². The van der Waals surface area contributed by atoms with E-state index in [4.69, 9.17) is 9.73 Å². The molecule has 1 aromatic heterocycles. The van der Waals surface area contributed by atoms with Crippen molar-refractivity contribution < 1.29 is 9.84 Å². The Bertz CT molecular complexity index is 909. The summed E-state index contributed by atoms with van der Waals surface area (Å²) in [5.41, 5.74) is 1.54. The number of fused-ring (bicyclic) bond motifs is 1. The molecule has 1 aromatic carbocycles. The Hall–Kier alpha value is -2.15. The Morgan fingerprint density at radius 1 is 1.31 bits per heavy atom. The van der Waals surface area contributed by atoms with Crippen molar-refractivity contribution >= 4 is 22.6 Å². The lowest BCUT2D eigenvalue weighted by atomic mass is 9.95. The molecule has 7 heteroatoms. The smallest absolute Gasteiger partial charge is 0.271 e. The number of hydrogen-bond acceptors (Lipinski definition) is 5. The third-order valence-electron chi connectivity index (χ3n) is 5.20. The fraction of sp³-hybridized carbons (Fsp3) is 0.474. The number of nitrogens with zero attached hydrogens (tertiary/aromatic N) is 2. The lowest BCUT2D eigenvalue weighted by molar-refractivity contribution is 0.331. The summed E-state index contributed by atoms with van der Waals surface area (Å²) in [6.07, 6.45) is 5.80. The predicted octanol–water partition coefficient (Wildman–Crippen LogP) is 4.28. The van der Waals surface area contributed by atoms with E-state index in [-0.39, 0.29) is 16.6 Å². The van der Waals surface area contributed by atoms with Crippen LogP contribution in [0.2, 0.25) is 0 Å². The van der Waals surface area contributed by atoms with Gasteiger partial charge in [0, 0.05) is 0 Å². The molecule has 0 saturated heterocycles. The molecule has 0 spiro atoms. The standard InChI is InChI=1S/C19H23N3O3S/c1-11-20-18-16(19(24)21-22(18)13-6-4-3-5-7-13)17(26-11)12-8-9-14(23)15(10-12)25-2/h8-10,13,17,23H,3-7H2,1-2H3,(H,21,24). The van der Waals surface area contributed by atoms with Crippen LogP contribution >= 0.6 is 11.8 Å². The summed E-state index contributed by atoms with van der Waals surface area (Å²) in [6, 6.07) is 5.57. The van der Waals surface area contributed by atoms with Gasteiger partial charge in [0.1, 0.15) is 0 Å². The Balaban J connectivity index is 1.81. The topological polar surface area (TPSA) is 79.6 Å². The number of nitrogens with one attached hydrogen (secondary N) is 1. The van der Waals surface area contributed by atoms with Crippen LogP contribution in [-0.2, 0) is 0 Å². The van der Waals surface area contributed by atoms with E-state index in [1.165, 1.54) is 26.4 Å². The number of aromatic amines is 1. The first-order chi connectivity index (χ1) is 12.6. The van der Waals surface area contributed by atoms with Crippen LogP contribution < -0.4 is 10.3 Å². The van der Waals surface area contributed by atoms with Gasteiger partial charge < -0.3 is 9.84 Å². The maximum Gasteiger partial charge on any atom is 0.271 e. The molecule has 4 rings (SSSR count). The van der Waals surface area contributed by atoms with Crippen LogP contribution in [0.15, 0.2) is 28.0 Å². The lowest BCUT2D eigenvalue weighted by Gasteiger charge is -2.26. The predicted molar refractivity (Wildman–Crippen MR) is 104 cm³/mol. The summed E-state index contributed by atoms with van der Waals surface area (Å²) < 4.78 is 7.23. The van der Waals surface area contributed by atoms with Gasteiger partial charge in [-0.2, -0.15) is 0 Å². The van der Waals surface area contributed by atoms with Crippen LogP contribution in [0.3, 0.4) is 0 Å². The number of phenolic OH excluding ortho intramolecular Hbond substituents is 1. The number of benzene rings is 1. The molecule has 1 unspecified atom stereocenters. The summed E-state index contributed by atoms with van der Waals surface area (Å²) in [4.78, 5) is 17.5. The Morgan fingerprint density at radius 3 is 2.81 bits per heavy atom. The van der Waals surface area contributed by atoms with E-state index in [9.17, 15) is 9.90 Å². The van der Waals surface area contributed by atoms with E-state index >= 15 is 0 Å². The first kappa shape index (κ1) is 17.3. The maximum absolute atomic E-state index is 12.8. The molecule has 2 aliphatic rings. The van der Waals surface area contributed by atoms with Crippen LogP contribution in [-0.4, -0.2) is 27.0 Å². The number of aromatic nitrogens is 2. The van der Waals surface area contributed by atoms with E-state index < -0.39 is 0 Å². The minimum absolute atomic E-state index is 0.0774. The van der Waals surface area contributed by atoms with E-state index in [1.54, 1.807) is 23.9 Å². The SMILES string of the molecule is COc1cc(C2SC(C)=Nc3c2c(=O)[nH]n3C2CCCCC2)ccc1O. The molecule has 26 heavy (non-hydrogen) atoms. The molecular weight excluding hydrogens is 350 g/mol. The highest BCUT2D eigenvalue weighted by atomic mass is 32.2. The van der Waals surface area contributed by atoms with Gasteiger partial charge in [-0.25, -0.2) is 4.99 Å². The van der Waals surface area contributed by atoms with Crippen molar-refractivity contribution in [2.45, 2.75) is 50.3 Å². The molecule has 6 nitrogen and oxygen atoms in total. The fourth-order valence-corrected chi connectivity index (χ4v) is 5.00. The Kier molecular flexibility index (Phi) is 4.56. The van der Waals surface area contributed by atoms with E-state index in [2.05, 4.69) is 5.10 Å². The number of methoxy groups -OCH3 is 1. The minimum atomic E-state index is -0.161. The van der Waals surface area contributed by atoms with Crippen LogP contribution in [0, 0.1) is 0 Å². The molecule has 0 bridgehead atoms. The van der Waals surface area contributed by atoms with E-state index in [0.717, 1.165) is 29.3 Å².